The fourth-order valence-electron chi connectivity index (χ4n) is 1.17. The highest BCUT2D eigenvalue weighted by molar-refractivity contribution is 5.82. The number of urea groups is 1. The first-order valence-electron chi connectivity index (χ1n) is 5.73. The third kappa shape index (κ3) is 7.57. The maximum atomic E-state index is 11.4. The molecule has 6 nitrogen and oxygen atoms in total. The Bertz CT molecular complexity index is 254. The Hall–Kier alpha value is -1.30. The van der Waals surface area contributed by atoms with Gasteiger partial charge < -0.3 is 20.5 Å². The van der Waals surface area contributed by atoms with E-state index in [1.165, 1.54) is 0 Å². The van der Waals surface area contributed by atoms with Gasteiger partial charge in [-0.25, -0.2) is 9.59 Å². The number of carbonyl (C=O) groups excluding carboxylic acids is 1. The van der Waals surface area contributed by atoms with Crippen LogP contribution in [0.1, 0.15) is 27.7 Å². The zero-order valence-corrected chi connectivity index (χ0v) is 10.8. The van der Waals surface area contributed by atoms with Gasteiger partial charge in [-0.3, -0.25) is 0 Å². The van der Waals surface area contributed by atoms with Crippen molar-refractivity contribution in [3.05, 3.63) is 0 Å². The number of ether oxygens (including phenoxy) is 1. The Balaban J connectivity index is 3.87. The summed E-state index contributed by atoms with van der Waals surface area (Å²) in [6, 6.07) is -1.36. The van der Waals surface area contributed by atoms with Crippen molar-refractivity contribution in [3.63, 3.8) is 0 Å². The van der Waals surface area contributed by atoms with E-state index in [9.17, 15) is 9.59 Å². The van der Waals surface area contributed by atoms with Crippen LogP contribution in [0.2, 0.25) is 0 Å². The Morgan fingerprint density at radius 3 is 2.24 bits per heavy atom. The molecule has 0 bridgehead atoms. The zero-order valence-electron chi connectivity index (χ0n) is 10.8. The molecule has 0 saturated heterocycles. The van der Waals surface area contributed by atoms with Gasteiger partial charge in [-0.05, 0) is 19.8 Å². The van der Waals surface area contributed by atoms with Crippen molar-refractivity contribution in [3.8, 4) is 0 Å². The minimum absolute atomic E-state index is 0.113. The number of carboxylic acids is 1. The van der Waals surface area contributed by atoms with Crippen molar-refractivity contribution < 1.29 is 19.4 Å². The van der Waals surface area contributed by atoms with Gasteiger partial charge in [0.15, 0.2) is 0 Å². The minimum Gasteiger partial charge on any atom is -0.480 e. The molecule has 0 spiro atoms. The van der Waals surface area contributed by atoms with Crippen LogP contribution in [0, 0.1) is 5.92 Å². The zero-order chi connectivity index (χ0) is 13.4. The number of carbonyl (C=O) groups is 2. The molecule has 0 aromatic carbocycles. The minimum atomic E-state index is -1.03. The molecule has 0 aliphatic heterocycles. The molecule has 1 atom stereocenters. The summed E-state index contributed by atoms with van der Waals surface area (Å²) in [5, 5.41) is 13.8. The lowest BCUT2D eigenvalue weighted by Gasteiger charge is -2.18. The molecule has 0 aromatic heterocycles. The van der Waals surface area contributed by atoms with Crippen LogP contribution >= 0.6 is 0 Å². The first-order chi connectivity index (χ1) is 7.84. The second-order valence-electron chi connectivity index (χ2n) is 4.38. The van der Waals surface area contributed by atoms with Crippen molar-refractivity contribution in [2.75, 3.05) is 13.2 Å². The number of aliphatic carboxylic acids is 1. The number of carboxylic acid groups (broad SMARTS) is 1. The Morgan fingerprint density at radius 1 is 1.24 bits per heavy atom. The van der Waals surface area contributed by atoms with E-state index in [4.69, 9.17) is 9.84 Å². The molecule has 0 saturated carbocycles. The molecule has 0 aliphatic carbocycles. The predicted octanol–water partition coefficient (Wildman–Crippen LogP) is 0.820. The molecule has 2 amide bonds. The van der Waals surface area contributed by atoms with E-state index in [0.717, 1.165) is 0 Å². The highest BCUT2D eigenvalue weighted by Gasteiger charge is 2.22. The van der Waals surface area contributed by atoms with Crippen LogP contribution in [-0.2, 0) is 9.53 Å². The van der Waals surface area contributed by atoms with Crippen LogP contribution in [0.4, 0.5) is 4.79 Å². The molecule has 6 heteroatoms. The van der Waals surface area contributed by atoms with Crippen LogP contribution in [0.15, 0.2) is 0 Å². The molecular weight excluding hydrogens is 224 g/mol. The lowest BCUT2D eigenvalue weighted by Crippen LogP contribution is -2.49. The quantitative estimate of drug-likeness (QED) is 0.580. The summed E-state index contributed by atoms with van der Waals surface area (Å²) in [5.41, 5.74) is 0. The highest BCUT2D eigenvalue weighted by Crippen LogP contribution is 2.01. The fraction of sp³-hybridized carbons (Fsp3) is 0.818. The Kier molecular flexibility index (Phi) is 7.29. The average Bonchev–Trinajstić information content (AvgIpc) is 2.19. The maximum absolute atomic E-state index is 11.4. The number of hydrogen-bond acceptors (Lipinski definition) is 3. The third-order valence-electron chi connectivity index (χ3n) is 2.06. The average molecular weight is 246 g/mol. The summed E-state index contributed by atoms with van der Waals surface area (Å²) >= 11 is 0. The molecule has 17 heavy (non-hydrogen) atoms. The molecule has 0 radical (unpaired) electrons. The van der Waals surface area contributed by atoms with Gasteiger partial charge in [0.2, 0.25) is 0 Å². The van der Waals surface area contributed by atoms with E-state index in [0.29, 0.717) is 13.2 Å². The third-order valence-corrected chi connectivity index (χ3v) is 2.06. The summed E-state index contributed by atoms with van der Waals surface area (Å²) in [4.78, 5) is 22.2. The van der Waals surface area contributed by atoms with Crippen molar-refractivity contribution in [1.82, 2.24) is 10.6 Å². The van der Waals surface area contributed by atoms with Gasteiger partial charge >= 0.3 is 12.0 Å². The summed E-state index contributed by atoms with van der Waals surface area (Å²) in [7, 11) is 0. The second-order valence-corrected chi connectivity index (χ2v) is 4.38. The molecule has 0 rings (SSSR count). The molecule has 100 valence electrons. The van der Waals surface area contributed by atoms with Gasteiger partial charge in [0, 0.05) is 6.54 Å². The van der Waals surface area contributed by atoms with Gasteiger partial charge in [-0.1, -0.05) is 13.8 Å². The summed E-state index contributed by atoms with van der Waals surface area (Å²) in [5.74, 6) is -1.20. The molecule has 0 aromatic rings. The van der Waals surface area contributed by atoms with Crippen molar-refractivity contribution in [1.29, 1.82) is 0 Å². The van der Waals surface area contributed by atoms with Crippen LogP contribution in [0.5, 0.6) is 0 Å². The maximum Gasteiger partial charge on any atom is 0.326 e. The van der Waals surface area contributed by atoms with Crippen LogP contribution < -0.4 is 10.6 Å². The number of nitrogens with one attached hydrogen (secondary N) is 2. The van der Waals surface area contributed by atoms with Crippen LogP contribution in [0.3, 0.4) is 0 Å². The van der Waals surface area contributed by atoms with Gasteiger partial charge in [-0.2, -0.15) is 0 Å². The van der Waals surface area contributed by atoms with Crippen LogP contribution in [-0.4, -0.2) is 42.4 Å². The normalized spacial score (nSPS) is 12.6. The van der Waals surface area contributed by atoms with E-state index >= 15 is 0 Å². The second kappa shape index (κ2) is 7.89. The molecule has 0 unspecified atom stereocenters. The van der Waals surface area contributed by atoms with Gasteiger partial charge in [-0.15, -0.1) is 0 Å². The summed E-state index contributed by atoms with van der Waals surface area (Å²) in [6.45, 7) is 8.04. The van der Waals surface area contributed by atoms with Crippen molar-refractivity contribution in [2.45, 2.75) is 39.8 Å². The predicted molar refractivity (Wildman–Crippen MR) is 63.9 cm³/mol. The molecule has 0 fully saturated rings. The SMILES string of the molecule is CC(C)OCCNC(=O)N[C@H](C(=O)O)C(C)C. The van der Waals surface area contributed by atoms with E-state index < -0.39 is 18.0 Å². The molecule has 0 heterocycles. The number of rotatable bonds is 7. The number of amides is 2. The topological polar surface area (TPSA) is 87.7 Å². The lowest BCUT2D eigenvalue weighted by molar-refractivity contribution is -0.140. The first-order valence-corrected chi connectivity index (χ1v) is 5.73. The molecule has 3 N–H and O–H groups in total. The lowest BCUT2D eigenvalue weighted by atomic mass is 10.1. The Labute approximate surface area is 102 Å². The largest absolute Gasteiger partial charge is 0.480 e. The van der Waals surface area contributed by atoms with Gasteiger partial charge in [0.05, 0.1) is 12.7 Å². The number of hydrogen-bond donors (Lipinski definition) is 3. The molecular formula is C11H22N2O4. The van der Waals surface area contributed by atoms with Crippen molar-refractivity contribution >= 4 is 12.0 Å². The monoisotopic (exact) mass is 246 g/mol. The van der Waals surface area contributed by atoms with E-state index in [1.807, 2.05) is 13.8 Å². The van der Waals surface area contributed by atoms with Gasteiger partial charge in [0.1, 0.15) is 6.04 Å². The van der Waals surface area contributed by atoms with E-state index in [-0.39, 0.29) is 12.0 Å². The van der Waals surface area contributed by atoms with E-state index in [2.05, 4.69) is 10.6 Å². The first kappa shape index (κ1) is 15.7. The standard InChI is InChI=1S/C11H22N2O4/c1-7(2)9(10(14)15)13-11(16)12-5-6-17-8(3)4/h7-9H,5-6H2,1-4H3,(H,14,15)(H2,12,13,16)/t9-/m0/s1. The summed E-state index contributed by atoms with van der Waals surface area (Å²) in [6.07, 6.45) is 0.113. The fourth-order valence-corrected chi connectivity index (χ4v) is 1.17. The Morgan fingerprint density at radius 2 is 1.82 bits per heavy atom. The molecule has 0 aliphatic rings. The van der Waals surface area contributed by atoms with Crippen LogP contribution in [0.25, 0.3) is 0 Å². The van der Waals surface area contributed by atoms with E-state index in [1.54, 1.807) is 13.8 Å². The smallest absolute Gasteiger partial charge is 0.326 e. The highest BCUT2D eigenvalue weighted by atomic mass is 16.5. The van der Waals surface area contributed by atoms with Gasteiger partial charge in [0.25, 0.3) is 0 Å². The summed E-state index contributed by atoms with van der Waals surface area (Å²) < 4.78 is 5.23. The van der Waals surface area contributed by atoms with Crippen molar-refractivity contribution in [2.24, 2.45) is 5.92 Å².